The number of rotatable bonds is 5. The lowest BCUT2D eigenvalue weighted by Crippen LogP contribution is -2.39. The number of allylic oxidation sites excluding steroid dienone is 1. The van der Waals surface area contributed by atoms with Gasteiger partial charge >= 0.3 is 5.69 Å². The van der Waals surface area contributed by atoms with Gasteiger partial charge in [0.2, 0.25) is 5.78 Å². The summed E-state index contributed by atoms with van der Waals surface area (Å²) in [6.45, 7) is 6.33. The smallest absolute Gasteiger partial charge is 0.332 e. The van der Waals surface area contributed by atoms with Crippen LogP contribution in [0.4, 0.5) is 0 Å². The zero-order valence-corrected chi connectivity index (χ0v) is 13.2. The summed E-state index contributed by atoms with van der Waals surface area (Å²) in [4.78, 5) is 29.6. The van der Waals surface area contributed by atoms with Gasteiger partial charge in [0.05, 0.1) is 0 Å². The van der Waals surface area contributed by atoms with Crippen LogP contribution < -0.4 is 11.2 Å². The molecule has 8 heteroatoms. The van der Waals surface area contributed by atoms with Crippen LogP contribution in [0.3, 0.4) is 0 Å². The number of imidazole rings is 2. The third kappa shape index (κ3) is 2.14. The van der Waals surface area contributed by atoms with Gasteiger partial charge in [-0.2, -0.15) is 4.98 Å². The Balaban J connectivity index is 2.42. The molecule has 0 aliphatic heterocycles. The average Bonchev–Trinajstić information content (AvgIpc) is 3.02. The molecule has 0 bridgehead atoms. The lowest BCUT2D eigenvalue weighted by molar-refractivity contribution is 0.277. The zero-order chi connectivity index (χ0) is 16.7. The summed E-state index contributed by atoms with van der Waals surface area (Å²) in [5.74, 6) is 0.601. The van der Waals surface area contributed by atoms with E-state index in [-0.39, 0.29) is 18.7 Å². The lowest BCUT2D eigenvalue weighted by Gasteiger charge is -2.06. The molecule has 0 aliphatic rings. The minimum atomic E-state index is -0.427. The Kier molecular flexibility index (Phi) is 3.69. The molecule has 8 nitrogen and oxygen atoms in total. The van der Waals surface area contributed by atoms with E-state index in [9.17, 15) is 9.59 Å². The van der Waals surface area contributed by atoms with Crippen LogP contribution in [0.5, 0.6) is 0 Å². The van der Waals surface area contributed by atoms with Gasteiger partial charge in [-0.1, -0.05) is 6.08 Å². The highest BCUT2D eigenvalue weighted by Crippen LogP contribution is 2.16. The number of aliphatic hydroxyl groups excluding tert-OH is 1. The molecule has 1 N–H and O–H groups in total. The Hall–Kier alpha value is -2.61. The second-order valence-corrected chi connectivity index (χ2v) is 5.50. The third-order valence-corrected chi connectivity index (χ3v) is 3.99. The topological polar surface area (TPSA) is 86.5 Å². The summed E-state index contributed by atoms with van der Waals surface area (Å²) in [7, 11) is 1.59. The van der Waals surface area contributed by atoms with Gasteiger partial charge in [0.25, 0.3) is 5.56 Å². The van der Waals surface area contributed by atoms with Gasteiger partial charge in [-0.05, 0) is 13.3 Å². The quantitative estimate of drug-likeness (QED) is 0.673. The standard InChI is InChI=1S/C15H19N5O3/c1-4-6-18-10(2)9-20-11-12(16-14(18)20)17(3)15(23)19(13(11)22)7-5-8-21/h4,9,21H,1,5-8H2,2-3H3. The number of fused-ring (bicyclic) bond motifs is 3. The number of aryl methyl sites for hydroxylation is 2. The molecule has 3 rings (SSSR count). The van der Waals surface area contributed by atoms with E-state index in [4.69, 9.17) is 5.11 Å². The molecule has 0 atom stereocenters. The zero-order valence-electron chi connectivity index (χ0n) is 13.2. The fraction of sp³-hybridized carbons (Fsp3) is 0.400. The van der Waals surface area contributed by atoms with Gasteiger partial charge in [0, 0.05) is 38.6 Å². The summed E-state index contributed by atoms with van der Waals surface area (Å²) >= 11 is 0. The maximum atomic E-state index is 12.7. The van der Waals surface area contributed by atoms with Gasteiger partial charge in [0.15, 0.2) is 11.2 Å². The molecule has 0 unspecified atom stereocenters. The lowest BCUT2D eigenvalue weighted by atomic mass is 10.4. The van der Waals surface area contributed by atoms with E-state index >= 15 is 0 Å². The van der Waals surface area contributed by atoms with Crippen molar-refractivity contribution in [2.45, 2.75) is 26.4 Å². The third-order valence-electron chi connectivity index (χ3n) is 3.99. The first-order valence-corrected chi connectivity index (χ1v) is 7.40. The first kappa shape index (κ1) is 15.3. The van der Waals surface area contributed by atoms with Crippen molar-refractivity contribution in [3.8, 4) is 0 Å². The van der Waals surface area contributed by atoms with Crippen molar-refractivity contribution < 1.29 is 5.11 Å². The highest BCUT2D eigenvalue weighted by molar-refractivity contribution is 5.75. The molecular weight excluding hydrogens is 298 g/mol. The van der Waals surface area contributed by atoms with E-state index in [1.807, 2.05) is 17.7 Å². The Labute approximate surface area is 131 Å². The SMILES string of the molecule is C=CCn1c(C)cn2c3c(=O)n(CCCO)c(=O)n(C)c3nc12. The van der Waals surface area contributed by atoms with Crippen LogP contribution in [0.2, 0.25) is 0 Å². The summed E-state index contributed by atoms with van der Waals surface area (Å²) < 4.78 is 6.15. The van der Waals surface area contributed by atoms with E-state index in [0.717, 1.165) is 10.3 Å². The fourth-order valence-corrected chi connectivity index (χ4v) is 2.84. The fourth-order valence-electron chi connectivity index (χ4n) is 2.84. The van der Waals surface area contributed by atoms with Crippen LogP contribution in [-0.4, -0.2) is 34.8 Å². The normalized spacial score (nSPS) is 11.6. The van der Waals surface area contributed by atoms with Crippen molar-refractivity contribution in [2.75, 3.05) is 6.61 Å². The van der Waals surface area contributed by atoms with Gasteiger partial charge in [-0.25, -0.2) is 4.79 Å². The molecule has 3 aromatic rings. The highest BCUT2D eigenvalue weighted by Gasteiger charge is 2.19. The summed E-state index contributed by atoms with van der Waals surface area (Å²) in [5, 5.41) is 8.97. The molecular formula is C15H19N5O3. The highest BCUT2D eigenvalue weighted by atomic mass is 16.3. The van der Waals surface area contributed by atoms with E-state index < -0.39 is 5.69 Å². The molecule has 0 aliphatic carbocycles. The molecule has 3 heterocycles. The largest absolute Gasteiger partial charge is 0.396 e. The van der Waals surface area contributed by atoms with Crippen LogP contribution in [0.25, 0.3) is 16.9 Å². The monoisotopic (exact) mass is 317 g/mol. The van der Waals surface area contributed by atoms with Gasteiger partial charge < -0.3 is 9.67 Å². The predicted molar refractivity (Wildman–Crippen MR) is 86.8 cm³/mol. The molecule has 0 spiro atoms. The number of nitrogens with zero attached hydrogens (tertiary/aromatic N) is 5. The number of aliphatic hydroxyl groups is 1. The maximum Gasteiger partial charge on any atom is 0.332 e. The van der Waals surface area contributed by atoms with Crippen molar-refractivity contribution in [2.24, 2.45) is 7.05 Å². The molecule has 0 aromatic carbocycles. The van der Waals surface area contributed by atoms with Crippen LogP contribution in [0.1, 0.15) is 12.1 Å². The minimum Gasteiger partial charge on any atom is -0.396 e. The molecule has 122 valence electrons. The van der Waals surface area contributed by atoms with Crippen LogP contribution in [0.15, 0.2) is 28.4 Å². The number of hydrogen-bond donors (Lipinski definition) is 1. The number of aromatic nitrogens is 5. The molecule has 0 radical (unpaired) electrons. The van der Waals surface area contributed by atoms with Crippen LogP contribution >= 0.6 is 0 Å². The van der Waals surface area contributed by atoms with E-state index in [1.54, 1.807) is 17.5 Å². The summed E-state index contributed by atoms with van der Waals surface area (Å²) in [6.07, 6.45) is 3.93. The van der Waals surface area contributed by atoms with Crippen molar-refractivity contribution in [3.63, 3.8) is 0 Å². The molecule has 0 fully saturated rings. The molecule has 0 amide bonds. The van der Waals surface area contributed by atoms with Crippen molar-refractivity contribution in [3.05, 3.63) is 45.4 Å². The molecule has 0 saturated heterocycles. The van der Waals surface area contributed by atoms with Gasteiger partial charge in [0.1, 0.15) is 0 Å². The second-order valence-electron chi connectivity index (χ2n) is 5.50. The Morgan fingerprint density at radius 1 is 1.35 bits per heavy atom. The Morgan fingerprint density at radius 2 is 2.09 bits per heavy atom. The van der Waals surface area contributed by atoms with Crippen LogP contribution in [-0.2, 0) is 20.1 Å². The second kappa shape index (κ2) is 5.54. The first-order valence-electron chi connectivity index (χ1n) is 7.40. The molecule has 0 saturated carbocycles. The Bertz CT molecular complexity index is 1020. The van der Waals surface area contributed by atoms with E-state index in [1.165, 1.54) is 4.57 Å². The van der Waals surface area contributed by atoms with Crippen LogP contribution in [0, 0.1) is 6.92 Å². The predicted octanol–water partition coefficient (Wildman–Crippen LogP) is 0.0262. The maximum absolute atomic E-state index is 12.7. The van der Waals surface area contributed by atoms with Gasteiger partial charge in [-0.15, -0.1) is 6.58 Å². The summed E-state index contributed by atoms with van der Waals surface area (Å²) in [6, 6.07) is 0. The molecule has 23 heavy (non-hydrogen) atoms. The average molecular weight is 317 g/mol. The van der Waals surface area contributed by atoms with E-state index in [2.05, 4.69) is 11.6 Å². The minimum absolute atomic E-state index is 0.0791. The summed E-state index contributed by atoms with van der Waals surface area (Å²) in [5.41, 5.74) is 0.854. The first-order chi connectivity index (χ1) is 11.0. The Morgan fingerprint density at radius 3 is 2.74 bits per heavy atom. The van der Waals surface area contributed by atoms with Crippen molar-refractivity contribution in [1.82, 2.24) is 23.1 Å². The van der Waals surface area contributed by atoms with Crippen molar-refractivity contribution in [1.29, 1.82) is 0 Å². The van der Waals surface area contributed by atoms with Gasteiger partial charge in [-0.3, -0.25) is 18.3 Å². The molecule has 3 aromatic heterocycles. The van der Waals surface area contributed by atoms with Crippen molar-refractivity contribution >= 4 is 16.9 Å². The number of hydrogen-bond acceptors (Lipinski definition) is 4. The van der Waals surface area contributed by atoms with E-state index in [0.29, 0.717) is 29.9 Å².